The summed E-state index contributed by atoms with van der Waals surface area (Å²) in [7, 11) is -3.58. The minimum Gasteiger partial charge on any atom is -0.237 e. The molecule has 0 saturated heterocycles. The zero-order valence-corrected chi connectivity index (χ0v) is 13.4. The van der Waals surface area contributed by atoms with E-state index in [1.807, 2.05) is 55.6 Å². The van der Waals surface area contributed by atoms with Crippen LogP contribution < -0.4 is 0 Å². The molecule has 0 N–H and O–H groups in total. The highest BCUT2D eigenvalue weighted by molar-refractivity contribution is 7.90. The van der Waals surface area contributed by atoms with Crippen molar-refractivity contribution in [2.75, 3.05) is 0 Å². The second-order valence-electron chi connectivity index (χ2n) is 4.92. The molecule has 3 nitrogen and oxygen atoms in total. The second-order valence-corrected chi connectivity index (χ2v) is 7.65. The second kappa shape index (κ2) is 5.16. The van der Waals surface area contributed by atoms with Crippen LogP contribution in [0.25, 0.3) is 10.6 Å². The third kappa shape index (κ3) is 2.43. The SMILES string of the molecule is Cc1ccc(S(=O)(=O)n2c(C)ccc2-c2cccs2)cc1. The topological polar surface area (TPSA) is 39.1 Å². The van der Waals surface area contributed by atoms with Gasteiger partial charge in [-0.2, -0.15) is 0 Å². The van der Waals surface area contributed by atoms with Crippen molar-refractivity contribution in [3.8, 4) is 10.6 Å². The average Bonchev–Trinajstić information content (AvgIpc) is 3.08. The molecule has 0 aliphatic carbocycles. The van der Waals surface area contributed by atoms with Crippen LogP contribution in [0.1, 0.15) is 11.3 Å². The fourth-order valence-electron chi connectivity index (χ4n) is 2.27. The third-order valence-electron chi connectivity index (χ3n) is 3.35. The first kappa shape index (κ1) is 14.1. The van der Waals surface area contributed by atoms with Gasteiger partial charge in [0.15, 0.2) is 0 Å². The Hall–Kier alpha value is -1.85. The molecule has 0 amide bonds. The smallest absolute Gasteiger partial charge is 0.237 e. The van der Waals surface area contributed by atoms with E-state index in [0.29, 0.717) is 16.3 Å². The van der Waals surface area contributed by atoms with Gasteiger partial charge >= 0.3 is 0 Å². The molecule has 21 heavy (non-hydrogen) atoms. The molecule has 0 aliphatic rings. The summed E-state index contributed by atoms with van der Waals surface area (Å²) in [5.41, 5.74) is 2.46. The van der Waals surface area contributed by atoms with Crippen molar-refractivity contribution in [1.82, 2.24) is 3.97 Å². The number of nitrogens with zero attached hydrogens (tertiary/aromatic N) is 1. The number of aryl methyl sites for hydroxylation is 2. The minimum absolute atomic E-state index is 0.310. The van der Waals surface area contributed by atoms with E-state index in [-0.39, 0.29) is 0 Å². The van der Waals surface area contributed by atoms with Crippen LogP contribution in [-0.4, -0.2) is 12.4 Å². The van der Waals surface area contributed by atoms with Crippen LogP contribution in [0.3, 0.4) is 0 Å². The Kier molecular flexibility index (Phi) is 3.47. The van der Waals surface area contributed by atoms with Crippen LogP contribution in [0.2, 0.25) is 0 Å². The van der Waals surface area contributed by atoms with Gasteiger partial charge in [0.25, 0.3) is 10.0 Å². The molecular formula is C16H15NO2S2. The van der Waals surface area contributed by atoms with Crippen LogP contribution in [0.15, 0.2) is 58.8 Å². The predicted octanol–water partition coefficient (Wildman–Crippen LogP) is 4.07. The Labute approximate surface area is 128 Å². The fraction of sp³-hybridized carbons (Fsp3) is 0.125. The minimum atomic E-state index is -3.58. The molecule has 2 aromatic heterocycles. The molecule has 0 aliphatic heterocycles. The fourth-order valence-corrected chi connectivity index (χ4v) is 4.61. The monoisotopic (exact) mass is 317 g/mol. The Balaban J connectivity index is 2.20. The molecule has 0 bridgehead atoms. The van der Waals surface area contributed by atoms with E-state index in [1.165, 1.54) is 15.3 Å². The number of rotatable bonds is 3. The number of benzene rings is 1. The summed E-state index contributed by atoms with van der Waals surface area (Å²) in [6.07, 6.45) is 0. The number of thiophene rings is 1. The Morgan fingerprint density at radius 3 is 2.29 bits per heavy atom. The normalized spacial score (nSPS) is 11.7. The maximum Gasteiger partial charge on any atom is 0.268 e. The van der Waals surface area contributed by atoms with Crippen molar-refractivity contribution in [1.29, 1.82) is 0 Å². The van der Waals surface area contributed by atoms with Crippen LogP contribution in [-0.2, 0) is 10.0 Å². The molecule has 0 spiro atoms. The van der Waals surface area contributed by atoms with Gasteiger partial charge in [0.05, 0.1) is 15.5 Å². The summed E-state index contributed by atoms with van der Waals surface area (Å²) < 4.78 is 27.2. The van der Waals surface area contributed by atoms with Crippen LogP contribution in [0, 0.1) is 13.8 Å². The molecule has 0 saturated carbocycles. The quantitative estimate of drug-likeness (QED) is 0.730. The number of aromatic nitrogens is 1. The summed E-state index contributed by atoms with van der Waals surface area (Å²) in [5, 5.41) is 1.94. The highest BCUT2D eigenvalue weighted by atomic mass is 32.2. The van der Waals surface area contributed by atoms with Crippen molar-refractivity contribution in [3.63, 3.8) is 0 Å². The van der Waals surface area contributed by atoms with Gasteiger partial charge in [-0.3, -0.25) is 0 Å². The van der Waals surface area contributed by atoms with E-state index in [9.17, 15) is 8.42 Å². The zero-order chi connectivity index (χ0) is 15.0. The lowest BCUT2D eigenvalue weighted by atomic mass is 10.2. The molecule has 3 rings (SSSR count). The molecule has 1 aromatic carbocycles. The van der Waals surface area contributed by atoms with E-state index in [4.69, 9.17) is 0 Å². The van der Waals surface area contributed by atoms with Crippen LogP contribution >= 0.6 is 11.3 Å². The Bertz CT molecular complexity index is 858. The number of hydrogen-bond acceptors (Lipinski definition) is 3. The van der Waals surface area contributed by atoms with Crippen molar-refractivity contribution in [2.24, 2.45) is 0 Å². The summed E-state index contributed by atoms with van der Waals surface area (Å²) in [4.78, 5) is 1.25. The van der Waals surface area contributed by atoms with Gasteiger partial charge in [0.1, 0.15) is 0 Å². The van der Waals surface area contributed by atoms with Gasteiger partial charge in [-0.1, -0.05) is 23.8 Å². The van der Waals surface area contributed by atoms with Gasteiger partial charge in [0, 0.05) is 5.69 Å². The largest absolute Gasteiger partial charge is 0.268 e. The Morgan fingerprint density at radius 1 is 0.952 bits per heavy atom. The molecule has 5 heteroatoms. The summed E-state index contributed by atoms with van der Waals surface area (Å²) in [6.45, 7) is 3.75. The standard InChI is InChI=1S/C16H15NO2S2/c1-12-5-8-14(9-6-12)21(18,19)17-13(2)7-10-15(17)16-4-3-11-20-16/h3-11H,1-2H3. The van der Waals surface area contributed by atoms with Gasteiger partial charge < -0.3 is 0 Å². The van der Waals surface area contributed by atoms with E-state index in [2.05, 4.69) is 0 Å². The van der Waals surface area contributed by atoms with Crippen LogP contribution in [0.4, 0.5) is 0 Å². The van der Waals surface area contributed by atoms with Crippen molar-refractivity contribution >= 4 is 21.4 Å². The highest BCUT2D eigenvalue weighted by Gasteiger charge is 2.22. The zero-order valence-electron chi connectivity index (χ0n) is 11.8. The molecule has 0 atom stereocenters. The van der Waals surface area contributed by atoms with E-state index >= 15 is 0 Å². The van der Waals surface area contributed by atoms with Crippen molar-refractivity contribution < 1.29 is 8.42 Å². The van der Waals surface area contributed by atoms with Gasteiger partial charge in [0.2, 0.25) is 0 Å². The first-order chi connectivity index (χ1) is 10.00. The Morgan fingerprint density at radius 2 is 1.67 bits per heavy atom. The van der Waals surface area contributed by atoms with E-state index in [0.717, 1.165) is 10.4 Å². The van der Waals surface area contributed by atoms with Gasteiger partial charge in [-0.05, 0) is 49.6 Å². The van der Waals surface area contributed by atoms with E-state index < -0.39 is 10.0 Å². The molecule has 0 radical (unpaired) electrons. The molecular weight excluding hydrogens is 302 g/mol. The molecule has 0 fully saturated rings. The number of hydrogen-bond donors (Lipinski definition) is 0. The van der Waals surface area contributed by atoms with Crippen LogP contribution in [0.5, 0.6) is 0 Å². The lowest BCUT2D eigenvalue weighted by molar-refractivity contribution is 0.587. The van der Waals surface area contributed by atoms with E-state index in [1.54, 1.807) is 12.1 Å². The average molecular weight is 317 g/mol. The highest BCUT2D eigenvalue weighted by Crippen LogP contribution is 2.30. The first-order valence-corrected chi connectivity index (χ1v) is 8.86. The molecule has 108 valence electrons. The molecule has 3 aromatic rings. The molecule has 0 unspecified atom stereocenters. The summed E-state index contributed by atoms with van der Waals surface area (Å²) in [6, 6.07) is 14.5. The summed E-state index contributed by atoms with van der Waals surface area (Å²) >= 11 is 1.53. The summed E-state index contributed by atoms with van der Waals surface area (Å²) in [5.74, 6) is 0. The third-order valence-corrected chi connectivity index (χ3v) is 6.08. The lowest BCUT2D eigenvalue weighted by Gasteiger charge is -2.12. The lowest BCUT2D eigenvalue weighted by Crippen LogP contribution is -2.15. The predicted molar refractivity (Wildman–Crippen MR) is 86.2 cm³/mol. The van der Waals surface area contributed by atoms with Crippen molar-refractivity contribution in [3.05, 3.63) is 65.2 Å². The van der Waals surface area contributed by atoms with Gasteiger partial charge in [-0.25, -0.2) is 12.4 Å². The van der Waals surface area contributed by atoms with Crippen molar-refractivity contribution in [2.45, 2.75) is 18.7 Å². The maximum atomic E-state index is 12.9. The first-order valence-electron chi connectivity index (χ1n) is 6.54. The van der Waals surface area contributed by atoms with Gasteiger partial charge in [-0.15, -0.1) is 11.3 Å². The maximum absolute atomic E-state index is 12.9. The molecule has 2 heterocycles.